The number of fused-ring (bicyclic) bond motifs is 3. The van der Waals surface area contributed by atoms with E-state index in [0.29, 0.717) is 23.6 Å². The lowest BCUT2D eigenvalue weighted by Crippen LogP contribution is -2.22. The van der Waals surface area contributed by atoms with Crippen LogP contribution in [0, 0.1) is 6.92 Å². The van der Waals surface area contributed by atoms with Crippen molar-refractivity contribution in [2.24, 2.45) is 0 Å². The quantitative estimate of drug-likeness (QED) is 0.504. The summed E-state index contributed by atoms with van der Waals surface area (Å²) in [5.41, 5.74) is 5.46. The van der Waals surface area contributed by atoms with E-state index in [2.05, 4.69) is 25.5 Å². The van der Waals surface area contributed by atoms with Gasteiger partial charge in [0.05, 0.1) is 16.7 Å². The Balaban J connectivity index is 1.59. The zero-order valence-electron chi connectivity index (χ0n) is 16.3. The monoisotopic (exact) mass is 394 g/mol. The van der Waals surface area contributed by atoms with Gasteiger partial charge >= 0.3 is 0 Å². The third kappa shape index (κ3) is 3.16. The summed E-state index contributed by atoms with van der Waals surface area (Å²) in [6.45, 7) is 2.32. The highest BCUT2D eigenvalue weighted by Crippen LogP contribution is 2.25. The van der Waals surface area contributed by atoms with Crippen LogP contribution in [0.4, 0.5) is 0 Å². The van der Waals surface area contributed by atoms with Crippen LogP contribution >= 0.6 is 0 Å². The number of pyridine rings is 1. The minimum absolute atomic E-state index is 0.163. The molecule has 0 spiro atoms. The number of hydrogen-bond donors (Lipinski definition) is 1. The van der Waals surface area contributed by atoms with Crippen LogP contribution in [-0.2, 0) is 6.54 Å². The first-order chi connectivity index (χ1) is 14.7. The lowest BCUT2D eigenvalue weighted by molar-refractivity contribution is 0.0951. The van der Waals surface area contributed by atoms with Gasteiger partial charge in [0, 0.05) is 30.1 Å². The average molecular weight is 394 g/mol. The molecule has 146 valence electrons. The zero-order chi connectivity index (χ0) is 20.5. The van der Waals surface area contributed by atoms with E-state index in [-0.39, 0.29) is 5.91 Å². The SMILES string of the molecule is Cc1nc2ccc(C(=O)NCc3cccnc3)cc2n2c(-c3ccccc3)nnc12. The Hall–Kier alpha value is -4.13. The molecule has 7 heteroatoms. The van der Waals surface area contributed by atoms with Gasteiger partial charge in [0.25, 0.3) is 5.91 Å². The molecule has 1 N–H and O–H groups in total. The van der Waals surface area contributed by atoms with Gasteiger partial charge in [-0.15, -0.1) is 10.2 Å². The number of rotatable bonds is 4. The standard InChI is InChI=1S/C23H18N6O/c1-15-21-27-28-22(17-7-3-2-4-8-17)29(21)20-12-18(9-10-19(20)26-15)23(30)25-14-16-6-5-11-24-13-16/h2-13H,14H2,1H3,(H,25,30). The molecular formula is C23H18N6O. The second-order valence-electron chi connectivity index (χ2n) is 6.99. The molecule has 0 fully saturated rings. The largest absolute Gasteiger partial charge is 0.348 e. The maximum atomic E-state index is 12.8. The second-order valence-corrected chi connectivity index (χ2v) is 6.99. The Labute approximate surface area is 172 Å². The molecule has 5 aromatic rings. The van der Waals surface area contributed by atoms with E-state index in [0.717, 1.165) is 27.9 Å². The Kier molecular flexibility index (Phi) is 4.40. The maximum absolute atomic E-state index is 12.8. The zero-order valence-corrected chi connectivity index (χ0v) is 16.3. The molecule has 5 rings (SSSR count). The summed E-state index contributed by atoms with van der Waals surface area (Å²) >= 11 is 0. The molecule has 3 aromatic heterocycles. The van der Waals surface area contributed by atoms with Crippen molar-refractivity contribution in [3.05, 3.63) is 89.9 Å². The van der Waals surface area contributed by atoms with Gasteiger partial charge in [0.2, 0.25) is 0 Å². The molecule has 0 radical (unpaired) electrons. The summed E-state index contributed by atoms with van der Waals surface area (Å²) in [7, 11) is 0. The molecule has 0 unspecified atom stereocenters. The van der Waals surface area contributed by atoms with Crippen molar-refractivity contribution >= 4 is 22.6 Å². The molecule has 0 bridgehead atoms. The Bertz CT molecular complexity index is 1360. The summed E-state index contributed by atoms with van der Waals surface area (Å²) in [5, 5.41) is 11.7. The smallest absolute Gasteiger partial charge is 0.251 e. The summed E-state index contributed by atoms with van der Waals surface area (Å²) in [6, 6.07) is 19.1. The van der Waals surface area contributed by atoms with Gasteiger partial charge in [-0.25, -0.2) is 4.98 Å². The number of benzene rings is 2. The summed E-state index contributed by atoms with van der Waals surface area (Å²) in [5.74, 6) is 0.554. The van der Waals surface area contributed by atoms with Crippen LogP contribution in [0.3, 0.4) is 0 Å². The minimum atomic E-state index is -0.163. The number of nitrogens with zero attached hydrogens (tertiary/aromatic N) is 5. The van der Waals surface area contributed by atoms with Gasteiger partial charge in [0.15, 0.2) is 11.5 Å². The van der Waals surface area contributed by atoms with Crippen LogP contribution in [0.15, 0.2) is 73.1 Å². The van der Waals surface area contributed by atoms with E-state index >= 15 is 0 Å². The molecule has 0 aliphatic rings. The number of hydrogen-bond acceptors (Lipinski definition) is 5. The van der Waals surface area contributed by atoms with E-state index in [1.165, 1.54) is 0 Å². The molecule has 0 saturated heterocycles. The Morgan fingerprint density at radius 3 is 2.70 bits per heavy atom. The van der Waals surface area contributed by atoms with Crippen LogP contribution in [0.5, 0.6) is 0 Å². The first kappa shape index (κ1) is 17.9. The third-order valence-corrected chi connectivity index (χ3v) is 4.96. The minimum Gasteiger partial charge on any atom is -0.348 e. The summed E-state index contributed by atoms with van der Waals surface area (Å²) in [6.07, 6.45) is 3.44. The molecule has 3 heterocycles. The number of carbonyl (C=O) groups excluding carboxylic acids is 1. The molecule has 1 amide bonds. The van der Waals surface area contributed by atoms with Crippen molar-refractivity contribution in [2.45, 2.75) is 13.5 Å². The first-order valence-electron chi connectivity index (χ1n) is 9.59. The lowest BCUT2D eigenvalue weighted by Gasteiger charge is -2.09. The van der Waals surface area contributed by atoms with Crippen LogP contribution in [-0.4, -0.2) is 30.5 Å². The fraction of sp³-hybridized carbons (Fsp3) is 0.0870. The normalized spacial score (nSPS) is 11.1. The van der Waals surface area contributed by atoms with E-state index in [1.54, 1.807) is 18.5 Å². The highest BCUT2D eigenvalue weighted by atomic mass is 16.1. The molecule has 2 aromatic carbocycles. The van der Waals surface area contributed by atoms with Crippen molar-refractivity contribution in [1.29, 1.82) is 0 Å². The van der Waals surface area contributed by atoms with Crippen LogP contribution in [0.1, 0.15) is 21.6 Å². The van der Waals surface area contributed by atoms with Gasteiger partial charge in [-0.1, -0.05) is 36.4 Å². The molecule has 7 nitrogen and oxygen atoms in total. The number of aryl methyl sites for hydroxylation is 1. The van der Waals surface area contributed by atoms with Crippen molar-refractivity contribution in [1.82, 2.24) is 29.9 Å². The highest BCUT2D eigenvalue weighted by molar-refractivity contribution is 5.97. The highest BCUT2D eigenvalue weighted by Gasteiger charge is 2.16. The van der Waals surface area contributed by atoms with Gasteiger partial charge in [-0.2, -0.15) is 0 Å². The topological polar surface area (TPSA) is 85.1 Å². The molecule has 0 aliphatic heterocycles. The second kappa shape index (κ2) is 7.36. The van der Waals surface area contributed by atoms with E-state index in [1.807, 2.05) is 65.9 Å². The molecule has 30 heavy (non-hydrogen) atoms. The van der Waals surface area contributed by atoms with Gasteiger partial charge in [0.1, 0.15) is 0 Å². The van der Waals surface area contributed by atoms with E-state index < -0.39 is 0 Å². The van der Waals surface area contributed by atoms with Gasteiger partial charge in [-0.3, -0.25) is 14.2 Å². The summed E-state index contributed by atoms with van der Waals surface area (Å²) in [4.78, 5) is 21.5. The van der Waals surface area contributed by atoms with E-state index in [9.17, 15) is 4.79 Å². The number of carbonyl (C=O) groups is 1. The maximum Gasteiger partial charge on any atom is 0.251 e. The number of aromatic nitrogens is 5. The van der Waals surface area contributed by atoms with Crippen molar-refractivity contribution in [2.75, 3.05) is 0 Å². The predicted molar refractivity (Wildman–Crippen MR) is 114 cm³/mol. The fourth-order valence-corrected chi connectivity index (χ4v) is 3.48. The summed E-state index contributed by atoms with van der Waals surface area (Å²) < 4.78 is 1.96. The Morgan fingerprint density at radius 2 is 1.90 bits per heavy atom. The number of amides is 1. The first-order valence-corrected chi connectivity index (χ1v) is 9.59. The van der Waals surface area contributed by atoms with Gasteiger partial charge in [-0.05, 0) is 36.8 Å². The predicted octanol–water partition coefficient (Wildman–Crippen LogP) is 3.58. The molecular weight excluding hydrogens is 376 g/mol. The third-order valence-electron chi connectivity index (χ3n) is 4.96. The molecule has 0 saturated carbocycles. The van der Waals surface area contributed by atoms with Gasteiger partial charge < -0.3 is 5.32 Å². The van der Waals surface area contributed by atoms with Crippen molar-refractivity contribution in [3.8, 4) is 11.4 Å². The fourth-order valence-electron chi connectivity index (χ4n) is 3.48. The van der Waals surface area contributed by atoms with Crippen molar-refractivity contribution < 1.29 is 4.79 Å². The van der Waals surface area contributed by atoms with Crippen LogP contribution < -0.4 is 5.32 Å². The van der Waals surface area contributed by atoms with Crippen molar-refractivity contribution in [3.63, 3.8) is 0 Å². The Morgan fingerprint density at radius 1 is 1.03 bits per heavy atom. The van der Waals surface area contributed by atoms with Crippen LogP contribution in [0.25, 0.3) is 28.1 Å². The van der Waals surface area contributed by atoms with E-state index in [4.69, 9.17) is 0 Å². The lowest BCUT2D eigenvalue weighted by atomic mass is 10.1. The number of nitrogens with one attached hydrogen (secondary N) is 1. The average Bonchev–Trinajstić information content (AvgIpc) is 3.25. The van der Waals surface area contributed by atoms with Crippen LogP contribution in [0.2, 0.25) is 0 Å². The molecule has 0 atom stereocenters. The molecule has 0 aliphatic carbocycles.